The van der Waals surface area contributed by atoms with E-state index >= 15 is 0 Å². The van der Waals surface area contributed by atoms with Gasteiger partial charge in [-0.3, -0.25) is 14.9 Å². The molecule has 0 spiro atoms. The smallest absolute Gasteiger partial charge is 0.240 e. The van der Waals surface area contributed by atoms with Crippen LogP contribution in [0, 0.1) is 5.92 Å². The highest BCUT2D eigenvalue weighted by atomic mass is 35.5. The van der Waals surface area contributed by atoms with Gasteiger partial charge in [-0.1, -0.05) is 13.3 Å². The average Bonchev–Trinajstić information content (AvgIpc) is 3.01. The van der Waals surface area contributed by atoms with Crippen LogP contribution in [0.5, 0.6) is 0 Å². The van der Waals surface area contributed by atoms with E-state index in [1.165, 1.54) is 0 Å². The van der Waals surface area contributed by atoms with Crippen LogP contribution < -0.4 is 10.6 Å². The van der Waals surface area contributed by atoms with Crippen molar-refractivity contribution in [3.05, 3.63) is 0 Å². The summed E-state index contributed by atoms with van der Waals surface area (Å²) in [6.07, 6.45) is 3.89. The molecule has 3 atom stereocenters. The molecule has 0 aliphatic carbocycles. The van der Waals surface area contributed by atoms with Gasteiger partial charge in [0.05, 0.1) is 12.0 Å². The lowest BCUT2D eigenvalue weighted by atomic mass is 9.96. The second-order valence-electron chi connectivity index (χ2n) is 6.09. The van der Waals surface area contributed by atoms with Crippen LogP contribution in [-0.4, -0.2) is 53.5 Å². The Morgan fingerprint density at radius 1 is 1.45 bits per heavy atom. The number of amides is 2. The summed E-state index contributed by atoms with van der Waals surface area (Å²) < 4.78 is 0. The van der Waals surface area contributed by atoms with Gasteiger partial charge in [0.25, 0.3) is 0 Å². The molecule has 128 valence electrons. The first kappa shape index (κ1) is 19.6. The molecule has 2 N–H and O–H groups in total. The fourth-order valence-electron chi connectivity index (χ4n) is 3.03. The standard InChI is InChI=1S/C15H27N3O2S.ClH/c1-3-5-11(2)17-14(19)12-6-4-7-18(8-12)15(20)13-9-21-10-16-13;/h11-13,16H,3-10H2,1-2H3,(H,17,19);1H. The molecule has 0 bridgehead atoms. The molecule has 7 heteroatoms. The summed E-state index contributed by atoms with van der Waals surface area (Å²) in [6.45, 7) is 5.53. The molecule has 2 rings (SSSR count). The number of likely N-dealkylation sites (tertiary alicyclic amines) is 1. The molecule has 0 saturated carbocycles. The SMILES string of the molecule is CCCC(C)NC(=O)C1CCCN(C(=O)C2CSCN2)C1.Cl. The maximum Gasteiger partial charge on any atom is 0.240 e. The largest absolute Gasteiger partial charge is 0.353 e. The van der Waals surface area contributed by atoms with Gasteiger partial charge in [0.15, 0.2) is 0 Å². The van der Waals surface area contributed by atoms with Crippen LogP contribution in [0.2, 0.25) is 0 Å². The van der Waals surface area contributed by atoms with E-state index in [0.29, 0.717) is 6.54 Å². The summed E-state index contributed by atoms with van der Waals surface area (Å²) in [5, 5.41) is 6.30. The summed E-state index contributed by atoms with van der Waals surface area (Å²) in [5.74, 6) is 1.93. The van der Waals surface area contributed by atoms with Gasteiger partial charge in [-0.2, -0.15) is 0 Å². The number of nitrogens with one attached hydrogen (secondary N) is 2. The number of carbonyl (C=O) groups excluding carboxylic acids is 2. The topological polar surface area (TPSA) is 61.4 Å². The number of halogens is 1. The lowest BCUT2D eigenvalue weighted by Crippen LogP contribution is -2.51. The van der Waals surface area contributed by atoms with Crippen molar-refractivity contribution in [3.63, 3.8) is 0 Å². The molecule has 2 saturated heterocycles. The van der Waals surface area contributed by atoms with Crippen LogP contribution in [0.4, 0.5) is 0 Å². The Morgan fingerprint density at radius 2 is 2.23 bits per heavy atom. The predicted molar refractivity (Wildman–Crippen MR) is 93.3 cm³/mol. The third-order valence-corrected chi connectivity index (χ3v) is 5.17. The zero-order chi connectivity index (χ0) is 15.2. The Hall–Kier alpha value is -0.460. The third kappa shape index (κ3) is 5.32. The van der Waals surface area contributed by atoms with E-state index in [4.69, 9.17) is 0 Å². The zero-order valence-corrected chi connectivity index (χ0v) is 15.1. The summed E-state index contributed by atoms with van der Waals surface area (Å²) in [5.41, 5.74) is 0. The normalized spacial score (nSPS) is 26.2. The van der Waals surface area contributed by atoms with Crippen molar-refractivity contribution in [1.29, 1.82) is 0 Å². The first-order valence-corrected chi connectivity index (χ1v) is 9.17. The molecule has 22 heavy (non-hydrogen) atoms. The van der Waals surface area contributed by atoms with E-state index in [1.54, 1.807) is 11.8 Å². The van der Waals surface area contributed by atoms with Crippen molar-refractivity contribution < 1.29 is 9.59 Å². The minimum absolute atomic E-state index is 0. The van der Waals surface area contributed by atoms with Gasteiger partial charge in [0.2, 0.25) is 11.8 Å². The van der Waals surface area contributed by atoms with Crippen LogP contribution in [0.25, 0.3) is 0 Å². The number of nitrogens with zero attached hydrogens (tertiary/aromatic N) is 1. The maximum atomic E-state index is 12.4. The molecule has 0 aromatic rings. The van der Waals surface area contributed by atoms with Crippen LogP contribution in [-0.2, 0) is 9.59 Å². The number of piperidine rings is 1. The van der Waals surface area contributed by atoms with Crippen molar-refractivity contribution in [3.8, 4) is 0 Å². The van der Waals surface area contributed by atoms with Crippen LogP contribution in [0.3, 0.4) is 0 Å². The van der Waals surface area contributed by atoms with Gasteiger partial charge in [0, 0.05) is 30.8 Å². The van der Waals surface area contributed by atoms with Gasteiger partial charge in [-0.05, 0) is 26.2 Å². The molecule has 5 nitrogen and oxygen atoms in total. The molecular weight excluding hydrogens is 322 g/mol. The number of rotatable bonds is 5. The van der Waals surface area contributed by atoms with Crippen LogP contribution >= 0.6 is 24.2 Å². The van der Waals surface area contributed by atoms with E-state index in [1.807, 2.05) is 11.8 Å². The molecule has 2 amide bonds. The number of hydrogen-bond donors (Lipinski definition) is 2. The second kappa shape index (κ2) is 9.63. The van der Waals surface area contributed by atoms with Gasteiger partial charge in [0.1, 0.15) is 0 Å². The minimum Gasteiger partial charge on any atom is -0.353 e. The van der Waals surface area contributed by atoms with Crippen molar-refractivity contribution >= 4 is 36.0 Å². The lowest BCUT2D eigenvalue weighted by Gasteiger charge is -2.34. The Kier molecular flexibility index (Phi) is 8.57. The lowest BCUT2D eigenvalue weighted by molar-refractivity contribution is -0.137. The van der Waals surface area contributed by atoms with E-state index in [-0.39, 0.29) is 42.2 Å². The van der Waals surface area contributed by atoms with E-state index in [9.17, 15) is 9.59 Å². The predicted octanol–water partition coefficient (Wildman–Crippen LogP) is 1.61. The van der Waals surface area contributed by atoms with Crippen molar-refractivity contribution in [2.24, 2.45) is 5.92 Å². The Bertz CT molecular complexity index is 378. The molecule has 2 aliphatic heterocycles. The van der Waals surface area contributed by atoms with Gasteiger partial charge >= 0.3 is 0 Å². The average molecular weight is 350 g/mol. The van der Waals surface area contributed by atoms with Crippen molar-refractivity contribution in [2.45, 2.75) is 51.6 Å². The molecule has 2 aliphatic rings. The van der Waals surface area contributed by atoms with Crippen LogP contribution in [0.15, 0.2) is 0 Å². The third-order valence-electron chi connectivity index (χ3n) is 4.23. The highest BCUT2D eigenvalue weighted by Gasteiger charge is 2.33. The minimum atomic E-state index is -0.0594. The van der Waals surface area contributed by atoms with Crippen molar-refractivity contribution in [1.82, 2.24) is 15.5 Å². The monoisotopic (exact) mass is 349 g/mol. The van der Waals surface area contributed by atoms with E-state index in [0.717, 1.165) is 43.9 Å². The van der Waals surface area contributed by atoms with Crippen molar-refractivity contribution in [2.75, 3.05) is 24.7 Å². The quantitative estimate of drug-likeness (QED) is 0.791. The summed E-state index contributed by atoms with van der Waals surface area (Å²) in [4.78, 5) is 26.6. The van der Waals surface area contributed by atoms with Gasteiger partial charge in [-0.25, -0.2) is 0 Å². The molecule has 2 fully saturated rings. The molecule has 2 heterocycles. The van der Waals surface area contributed by atoms with E-state index in [2.05, 4.69) is 17.6 Å². The fourth-order valence-corrected chi connectivity index (χ4v) is 3.96. The Balaban J connectivity index is 0.00000242. The first-order valence-electron chi connectivity index (χ1n) is 8.02. The molecule has 0 radical (unpaired) electrons. The molecular formula is C15H28ClN3O2S. The fraction of sp³-hybridized carbons (Fsp3) is 0.867. The molecule has 3 unspecified atom stereocenters. The maximum absolute atomic E-state index is 12.4. The van der Waals surface area contributed by atoms with E-state index < -0.39 is 0 Å². The molecule has 0 aromatic heterocycles. The highest BCUT2D eigenvalue weighted by Crippen LogP contribution is 2.20. The highest BCUT2D eigenvalue weighted by molar-refractivity contribution is 7.99. The number of carbonyl (C=O) groups is 2. The van der Waals surface area contributed by atoms with Gasteiger partial charge < -0.3 is 10.2 Å². The number of hydrogen-bond acceptors (Lipinski definition) is 4. The Labute approximate surface area is 143 Å². The summed E-state index contributed by atoms with van der Waals surface area (Å²) >= 11 is 1.76. The first-order chi connectivity index (χ1) is 10.1. The summed E-state index contributed by atoms with van der Waals surface area (Å²) in [6, 6.07) is 0.164. The molecule has 0 aromatic carbocycles. The Morgan fingerprint density at radius 3 is 2.86 bits per heavy atom. The second-order valence-corrected chi connectivity index (χ2v) is 7.12. The summed E-state index contributed by atoms with van der Waals surface area (Å²) in [7, 11) is 0. The number of thioether (sulfide) groups is 1. The van der Waals surface area contributed by atoms with Crippen LogP contribution in [0.1, 0.15) is 39.5 Å². The van der Waals surface area contributed by atoms with Gasteiger partial charge in [-0.15, -0.1) is 24.2 Å². The zero-order valence-electron chi connectivity index (χ0n) is 13.5.